The molecule has 1 saturated carbocycles. The average Bonchev–Trinajstić information content (AvgIpc) is 3.33. The highest BCUT2D eigenvalue weighted by molar-refractivity contribution is 5.81. The van der Waals surface area contributed by atoms with Crippen LogP contribution in [0.2, 0.25) is 0 Å². The fourth-order valence-corrected chi connectivity index (χ4v) is 4.26. The average molecular weight is 352 g/mol. The highest BCUT2D eigenvalue weighted by Crippen LogP contribution is 2.26. The number of H-pyrrole nitrogens is 1. The third kappa shape index (κ3) is 2.94. The van der Waals surface area contributed by atoms with Crippen LogP contribution < -0.4 is 5.32 Å². The summed E-state index contributed by atoms with van der Waals surface area (Å²) in [4.78, 5) is 18.4. The lowest BCUT2D eigenvalue weighted by Gasteiger charge is -2.36. The van der Waals surface area contributed by atoms with Crippen molar-refractivity contribution in [3.05, 3.63) is 30.1 Å². The lowest BCUT2D eigenvalue weighted by molar-refractivity contribution is 0.119. The summed E-state index contributed by atoms with van der Waals surface area (Å²) >= 11 is 0. The maximum Gasteiger partial charge on any atom is 0.182 e. The van der Waals surface area contributed by atoms with Crippen LogP contribution in [-0.4, -0.2) is 47.2 Å². The van der Waals surface area contributed by atoms with Crippen molar-refractivity contribution in [2.45, 2.75) is 57.8 Å². The molecule has 0 saturated heterocycles. The van der Waals surface area contributed by atoms with Gasteiger partial charge in [0.1, 0.15) is 11.8 Å². The van der Waals surface area contributed by atoms with Crippen molar-refractivity contribution < 1.29 is 0 Å². The monoisotopic (exact) mass is 352 g/mol. The van der Waals surface area contributed by atoms with Gasteiger partial charge in [-0.1, -0.05) is 19.3 Å². The normalized spacial score (nSPS) is 18.9. The minimum atomic E-state index is 0.647. The molecular weight excluding hydrogens is 328 g/mol. The maximum absolute atomic E-state index is 4.77. The second-order valence-electron chi connectivity index (χ2n) is 7.29. The van der Waals surface area contributed by atoms with Crippen molar-refractivity contribution in [1.29, 1.82) is 0 Å². The minimum absolute atomic E-state index is 0.647. The molecule has 0 aromatic carbocycles. The summed E-state index contributed by atoms with van der Waals surface area (Å²) in [7, 11) is 0. The third-order valence-electron chi connectivity index (χ3n) is 5.63. The Hall–Kier alpha value is -2.48. The van der Waals surface area contributed by atoms with Gasteiger partial charge in [-0.05, 0) is 18.9 Å². The Balaban J connectivity index is 1.27. The summed E-state index contributed by atoms with van der Waals surface area (Å²) in [5, 5.41) is 8.13. The second-order valence-corrected chi connectivity index (χ2v) is 7.29. The lowest BCUT2D eigenvalue weighted by atomic mass is 9.94. The lowest BCUT2D eigenvalue weighted by Crippen LogP contribution is -2.42. The third-order valence-corrected chi connectivity index (χ3v) is 5.63. The van der Waals surface area contributed by atoms with Crippen LogP contribution in [0.25, 0.3) is 11.2 Å². The van der Waals surface area contributed by atoms with Crippen LogP contribution in [0.4, 0.5) is 5.82 Å². The number of fused-ring (bicyclic) bond motifs is 2. The van der Waals surface area contributed by atoms with Gasteiger partial charge in [0.25, 0.3) is 0 Å². The van der Waals surface area contributed by atoms with Crippen molar-refractivity contribution in [3.63, 3.8) is 0 Å². The fourth-order valence-electron chi connectivity index (χ4n) is 4.26. The van der Waals surface area contributed by atoms with E-state index in [1.54, 1.807) is 6.33 Å². The topological polar surface area (TPSA) is 87.5 Å². The van der Waals surface area contributed by atoms with E-state index in [0.717, 1.165) is 42.7 Å². The summed E-state index contributed by atoms with van der Waals surface area (Å²) in [5.74, 6) is 0.766. The molecule has 2 N–H and O–H groups in total. The number of aromatic amines is 1. The van der Waals surface area contributed by atoms with Gasteiger partial charge in [-0.3, -0.25) is 9.58 Å². The van der Waals surface area contributed by atoms with Crippen LogP contribution in [0.5, 0.6) is 0 Å². The first-order valence-electron chi connectivity index (χ1n) is 9.54. The minimum Gasteiger partial charge on any atom is -0.362 e. The van der Waals surface area contributed by atoms with Crippen LogP contribution in [-0.2, 0) is 19.6 Å². The molecule has 2 aliphatic rings. The van der Waals surface area contributed by atoms with Crippen molar-refractivity contribution in [2.24, 2.45) is 0 Å². The fraction of sp³-hybridized carbons (Fsp3) is 0.556. The number of anilines is 1. The van der Waals surface area contributed by atoms with Crippen LogP contribution in [0.3, 0.4) is 0 Å². The number of nitrogens with zero attached hydrogens (tertiary/aromatic N) is 6. The summed E-state index contributed by atoms with van der Waals surface area (Å²) in [6.45, 7) is 3.78. The van der Waals surface area contributed by atoms with Crippen LogP contribution in [0, 0.1) is 0 Å². The van der Waals surface area contributed by atoms with Gasteiger partial charge in [-0.15, -0.1) is 0 Å². The number of hydrogen-bond donors (Lipinski definition) is 2. The Bertz CT molecular complexity index is 892. The van der Waals surface area contributed by atoms with E-state index >= 15 is 0 Å². The first-order chi connectivity index (χ1) is 12.9. The van der Waals surface area contributed by atoms with Gasteiger partial charge in [-0.2, -0.15) is 5.10 Å². The zero-order valence-corrected chi connectivity index (χ0v) is 14.9. The molecule has 0 amide bonds. The highest BCUT2D eigenvalue weighted by atomic mass is 15.3. The first kappa shape index (κ1) is 15.7. The molecule has 0 atom stereocenters. The van der Waals surface area contributed by atoms with E-state index in [2.05, 4.69) is 40.9 Å². The van der Waals surface area contributed by atoms with Gasteiger partial charge in [0.2, 0.25) is 0 Å². The molecule has 0 bridgehead atoms. The first-order valence-corrected chi connectivity index (χ1v) is 9.54. The predicted molar refractivity (Wildman–Crippen MR) is 98.5 cm³/mol. The van der Waals surface area contributed by atoms with E-state index in [1.165, 1.54) is 44.1 Å². The predicted octanol–water partition coefficient (Wildman–Crippen LogP) is 2.31. The standard InChI is InChI=1S/C18H24N8/c1-2-4-14(5-3-1)25-6-7-26-15(10-25)8-13(24-26)9-19-17-16-18(21-11-20-16)23-12-22-17/h8,11-12,14H,1-7,9-10H2,(H2,19,20,21,22,23). The van der Waals surface area contributed by atoms with Gasteiger partial charge in [0, 0.05) is 19.1 Å². The van der Waals surface area contributed by atoms with E-state index in [9.17, 15) is 0 Å². The highest BCUT2D eigenvalue weighted by Gasteiger charge is 2.25. The van der Waals surface area contributed by atoms with Gasteiger partial charge < -0.3 is 10.3 Å². The molecule has 26 heavy (non-hydrogen) atoms. The van der Waals surface area contributed by atoms with Gasteiger partial charge >= 0.3 is 0 Å². The van der Waals surface area contributed by atoms with E-state index in [4.69, 9.17) is 5.10 Å². The van der Waals surface area contributed by atoms with Crippen molar-refractivity contribution in [2.75, 3.05) is 11.9 Å². The van der Waals surface area contributed by atoms with Gasteiger partial charge in [-0.25, -0.2) is 15.0 Å². The van der Waals surface area contributed by atoms with Crippen molar-refractivity contribution in [1.82, 2.24) is 34.6 Å². The van der Waals surface area contributed by atoms with Gasteiger partial charge in [0.05, 0.1) is 30.8 Å². The molecule has 1 aliphatic heterocycles. The molecular formula is C18H24N8. The Kier molecular flexibility index (Phi) is 4.05. The number of hydrogen-bond acceptors (Lipinski definition) is 6. The maximum atomic E-state index is 4.77. The quantitative estimate of drug-likeness (QED) is 0.749. The molecule has 3 aromatic heterocycles. The summed E-state index contributed by atoms with van der Waals surface area (Å²) < 4.78 is 2.17. The number of aromatic nitrogens is 6. The number of rotatable bonds is 4. The SMILES string of the molecule is c1nc(NCc2cc3n(n2)CCN(C2CCCCC2)C3)c2[nH]cnc2n1. The molecule has 0 radical (unpaired) electrons. The number of nitrogens with one attached hydrogen (secondary N) is 2. The zero-order valence-electron chi connectivity index (χ0n) is 14.9. The Labute approximate surface area is 152 Å². The van der Waals surface area contributed by atoms with Crippen LogP contribution in [0.15, 0.2) is 18.7 Å². The van der Waals surface area contributed by atoms with E-state index in [1.807, 2.05) is 0 Å². The Morgan fingerprint density at radius 1 is 1.12 bits per heavy atom. The molecule has 1 fully saturated rings. The molecule has 8 heteroatoms. The Morgan fingerprint density at radius 3 is 2.96 bits per heavy atom. The summed E-state index contributed by atoms with van der Waals surface area (Å²) in [6.07, 6.45) is 10.1. The number of imidazole rings is 1. The van der Waals surface area contributed by atoms with Crippen molar-refractivity contribution in [3.8, 4) is 0 Å². The van der Waals surface area contributed by atoms with Crippen molar-refractivity contribution >= 4 is 17.0 Å². The second kappa shape index (κ2) is 6.68. The van der Waals surface area contributed by atoms with E-state index in [0.29, 0.717) is 12.2 Å². The molecule has 5 rings (SSSR count). The molecule has 0 unspecified atom stereocenters. The van der Waals surface area contributed by atoms with Crippen LogP contribution >= 0.6 is 0 Å². The summed E-state index contributed by atoms with van der Waals surface area (Å²) in [5.41, 5.74) is 3.89. The van der Waals surface area contributed by atoms with Crippen LogP contribution in [0.1, 0.15) is 43.5 Å². The molecule has 1 aliphatic carbocycles. The molecule has 3 aromatic rings. The molecule has 4 heterocycles. The molecule has 8 nitrogen and oxygen atoms in total. The smallest absolute Gasteiger partial charge is 0.182 e. The van der Waals surface area contributed by atoms with E-state index in [-0.39, 0.29) is 0 Å². The summed E-state index contributed by atoms with van der Waals surface area (Å²) in [6, 6.07) is 3.00. The van der Waals surface area contributed by atoms with Gasteiger partial charge in [0.15, 0.2) is 11.5 Å². The zero-order chi connectivity index (χ0) is 17.3. The largest absolute Gasteiger partial charge is 0.362 e. The molecule has 0 spiro atoms. The van der Waals surface area contributed by atoms with E-state index < -0.39 is 0 Å². The molecule has 136 valence electrons. The Morgan fingerprint density at radius 2 is 2.04 bits per heavy atom.